The van der Waals surface area contributed by atoms with Gasteiger partial charge in [-0.3, -0.25) is 19.4 Å². The summed E-state index contributed by atoms with van der Waals surface area (Å²) >= 11 is 1.66. The van der Waals surface area contributed by atoms with Crippen molar-refractivity contribution in [3.05, 3.63) is 30.1 Å². The van der Waals surface area contributed by atoms with E-state index in [1.54, 1.807) is 30.1 Å². The molecule has 0 aliphatic heterocycles. The van der Waals surface area contributed by atoms with Crippen LogP contribution >= 0.6 is 11.8 Å². The van der Waals surface area contributed by atoms with Gasteiger partial charge in [0.2, 0.25) is 11.8 Å². The molecule has 1 aromatic heterocycles. The molecule has 9 nitrogen and oxygen atoms in total. The van der Waals surface area contributed by atoms with Gasteiger partial charge in [0, 0.05) is 29.9 Å². The molecule has 222 valence electrons. The summed E-state index contributed by atoms with van der Waals surface area (Å²) in [6.45, 7) is 12.6. The van der Waals surface area contributed by atoms with Crippen LogP contribution in [-0.2, 0) is 9.59 Å². The minimum Gasteiger partial charge on any atom is -0.390 e. The molecule has 0 saturated carbocycles. The normalized spacial score (nSPS) is 14.6. The van der Waals surface area contributed by atoms with E-state index in [2.05, 4.69) is 34.8 Å². The Labute approximate surface area is 238 Å². The summed E-state index contributed by atoms with van der Waals surface area (Å²) in [4.78, 5) is 42.7. The van der Waals surface area contributed by atoms with E-state index < -0.39 is 36.1 Å². The van der Waals surface area contributed by atoms with Gasteiger partial charge in [-0.25, -0.2) is 0 Å². The average Bonchev–Trinajstić information content (AvgIpc) is 2.89. The molecule has 0 aliphatic carbocycles. The maximum absolute atomic E-state index is 13.5. The number of nitrogens with zero attached hydrogens (tertiary/aromatic N) is 1. The molecule has 1 heterocycles. The number of pyridine rings is 1. The van der Waals surface area contributed by atoms with Crippen molar-refractivity contribution in [3.8, 4) is 0 Å². The van der Waals surface area contributed by atoms with E-state index in [9.17, 15) is 24.6 Å². The zero-order valence-electron chi connectivity index (χ0n) is 24.5. The van der Waals surface area contributed by atoms with Crippen LogP contribution < -0.4 is 16.0 Å². The number of aliphatic hydroxyl groups excluding tert-OH is 2. The molecule has 4 atom stereocenters. The summed E-state index contributed by atoms with van der Waals surface area (Å²) in [7, 11) is 0. The Morgan fingerprint density at radius 3 is 2.21 bits per heavy atom. The van der Waals surface area contributed by atoms with Crippen LogP contribution in [0, 0.1) is 11.8 Å². The smallest absolute Gasteiger partial charge is 0.253 e. The van der Waals surface area contributed by atoms with Crippen LogP contribution in [0.15, 0.2) is 24.5 Å². The van der Waals surface area contributed by atoms with E-state index in [4.69, 9.17) is 0 Å². The summed E-state index contributed by atoms with van der Waals surface area (Å²) in [6, 6.07) is 1.64. The van der Waals surface area contributed by atoms with Crippen molar-refractivity contribution in [2.45, 2.75) is 110 Å². The number of carbonyl (C=O) groups excluding carboxylic acids is 3. The van der Waals surface area contributed by atoms with Gasteiger partial charge in [0.05, 0.1) is 24.1 Å². The van der Waals surface area contributed by atoms with Crippen molar-refractivity contribution in [3.63, 3.8) is 0 Å². The fourth-order valence-corrected chi connectivity index (χ4v) is 5.66. The van der Waals surface area contributed by atoms with Crippen LogP contribution in [0.3, 0.4) is 0 Å². The minimum absolute atomic E-state index is 0.100. The first-order chi connectivity index (χ1) is 18.5. The van der Waals surface area contributed by atoms with Crippen LogP contribution in [0.25, 0.3) is 0 Å². The van der Waals surface area contributed by atoms with Crippen LogP contribution in [0.2, 0.25) is 0 Å². The molecule has 39 heavy (non-hydrogen) atoms. The number of aromatic nitrogens is 1. The molecule has 3 amide bonds. The van der Waals surface area contributed by atoms with Gasteiger partial charge in [-0.1, -0.05) is 54.4 Å². The van der Waals surface area contributed by atoms with Crippen LogP contribution in [0.5, 0.6) is 0 Å². The van der Waals surface area contributed by atoms with Gasteiger partial charge in [0.1, 0.15) is 12.1 Å². The summed E-state index contributed by atoms with van der Waals surface area (Å²) in [5.74, 6) is -0.478. The zero-order chi connectivity index (χ0) is 29.4. The SMILES string of the molecule is CCCC(CCC)SCC(NC(=O)c1cccnc1)C(=O)N[C@@H](CC(C)C)[C@@H](O)[C@H](O)CC(=O)NCC(C)C. The molecule has 0 radical (unpaired) electrons. The van der Waals surface area contributed by atoms with Gasteiger partial charge < -0.3 is 26.2 Å². The summed E-state index contributed by atoms with van der Waals surface area (Å²) in [5, 5.41) is 30.4. The number of hydrogen-bond acceptors (Lipinski definition) is 7. The molecule has 0 spiro atoms. The predicted molar refractivity (Wildman–Crippen MR) is 157 cm³/mol. The van der Waals surface area contributed by atoms with Crippen molar-refractivity contribution < 1.29 is 24.6 Å². The Morgan fingerprint density at radius 1 is 1.00 bits per heavy atom. The minimum atomic E-state index is -1.35. The zero-order valence-corrected chi connectivity index (χ0v) is 25.3. The van der Waals surface area contributed by atoms with Crippen molar-refractivity contribution in [1.29, 1.82) is 0 Å². The highest BCUT2D eigenvalue weighted by molar-refractivity contribution is 7.99. The summed E-state index contributed by atoms with van der Waals surface area (Å²) in [5.41, 5.74) is 0.348. The average molecular weight is 567 g/mol. The molecule has 1 aromatic rings. The van der Waals surface area contributed by atoms with Gasteiger partial charge in [-0.2, -0.15) is 11.8 Å². The number of rotatable bonds is 19. The third kappa shape index (κ3) is 14.2. The van der Waals surface area contributed by atoms with Gasteiger partial charge in [-0.05, 0) is 43.2 Å². The molecule has 0 aromatic carbocycles. The molecular formula is C29H50N4O5S. The predicted octanol–water partition coefficient (Wildman–Crippen LogP) is 3.30. The number of amides is 3. The summed E-state index contributed by atoms with van der Waals surface area (Å²) < 4.78 is 0. The lowest BCUT2D eigenvalue weighted by atomic mass is 9.94. The fraction of sp³-hybridized carbons (Fsp3) is 0.724. The second-order valence-corrected chi connectivity index (χ2v) is 12.3. The first-order valence-corrected chi connectivity index (χ1v) is 15.3. The van der Waals surface area contributed by atoms with E-state index >= 15 is 0 Å². The standard InChI is InChI=1S/C29H50N4O5S/c1-7-10-22(11-8-2)39-18-24(33-28(37)21-12-9-13-30-17-21)29(38)32-23(14-19(3)4)27(36)25(34)15-26(35)31-16-20(5)6/h9,12-13,17,19-20,22-25,27,34,36H,7-8,10-11,14-16,18H2,1-6H3,(H,31,35)(H,32,38)(H,33,37)/t23-,24?,25+,27+/m0/s1. The van der Waals surface area contributed by atoms with E-state index in [1.807, 2.05) is 27.7 Å². The molecule has 1 unspecified atom stereocenters. The number of hydrogen-bond donors (Lipinski definition) is 5. The largest absolute Gasteiger partial charge is 0.390 e. The molecule has 0 saturated heterocycles. The van der Waals surface area contributed by atoms with Crippen molar-refractivity contribution in [1.82, 2.24) is 20.9 Å². The molecule has 5 N–H and O–H groups in total. The van der Waals surface area contributed by atoms with Gasteiger partial charge in [0.15, 0.2) is 0 Å². The number of aliphatic hydroxyl groups is 2. The Morgan fingerprint density at radius 2 is 1.67 bits per heavy atom. The quantitative estimate of drug-likeness (QED) is 0.173. The molecule has 1 rings (SSSR count). The number of thioether (sulfide) groups is 1. The van der Waals surface area contributed by atoms with E-state index in [0.29, 0.717) is 29.5 Å². The summed E-state index contributed by atoms with van der Waals surface area (Å²) in [6.07, 6.45) is 4.53. The van der Waals surface area contributed by atoms with Crippen molar-refractivity contribution in [2.75, 3.05) is 12.3 Å². The maximum atomic E-state index is 13.5. The monoisotopic (exact) mass is 566 g/mol. The molecule has 0 fully saturated rings. The molecular weight excluding hydrogens is 516 g/mol. The topological polar surface area (TPSA) is 141 Å². The molecule has 10 heteroatoms. The van der Waals surface area contributed by atoms with Gasteiger partial charge >= 0.3 is 0 Å². The third-order valence-electron chi connectivity index (χ3n) is 6.23. The first-order valence-electron chi connectivity index (χ1n) is 14.2. The lowest BCUT2D eigenvalue weighted by molar-refractivity contribution is -0.127. The maximum Gasteiger partial charge on any atom is 0.253 e. The van der Waals surface area contributed by atoms with Crippen molar-refractivity contribution >= 4 is 29.5 Å². The highest BCUT2D eigenvalue weighted by Crippen LogP contribution is 2.23. The highest BCUT2D eigenvalue weighted by Gasteiger charge is 2.32. The fourth-order valence-electron chi connectivity index (χ4n) is 4.15. The number of nitrogens with one attached hydrogen (secondary N) is 3. The van der Waals surface area contributed by atoms with Crippen LogP contribution in [0.4, 0.5) is 0 Å². The lowest BCUT2D eigenvalue weighted by Gasteiger charge is -2.31. The second-order valence-electron chi connectivity index (χ2n) is 11.0. The Hall–Kier alpha value is -2.17. The van der Waals surface area contributed by atoms with Crippen molar-refractivity contribution in [2.24, 2.45) is 11.8 Å². The van der Waals surface area contributed by atoms with Crippen LogP contribution in [0.1, 0.15) is 90.4 Å². The van der Waals surface area contributed by atoms with E-state index in [0.717, 1.165) is 25.7 Å². The van der Waals surface area contributed by atoms with E-state index in [-0.39, 0.29) is 24.2 Å². The molecule has 0 bridgehead atoms. The number of carbonyl (C=O) groups is 3. The van der Waals surface area contributed by atoms with Gasteiger partial charge in [-0.15, -0.1) is 0 Å². The Balaban J connectivity index is 3.04. The van der Waals surface area contributed by atoms with E-state index in [1.165, 1.54) is 6.20 Å². The Kier molecular flexibility index (Phi) is 17.0. The molecule has 0 aliphatic rings. The second kappa shape index (κ2) is 19.0. The third-order valence-corrected chi connectivity index (χ3v) is 7.70. The Bertz CT molecular complexity index is 849. The van der Waals surface area contributed by atoms with Crippen LogP contribution in [-0.4, -0.2) is 74.8 Å². The first kappa shape index (κ1) is 34.9. The highest BCUT2D eigenvalue weighted by atomic mass is 32.2. The lowest BCUT2D eigenvalue weighted by Crippen LogP contribution is -2.56. The van der Waals surface area contributed by atoms with Gasteiger partial charge in [0.25, 0.3) is 5.91 Å².